The summed E-state index contributed by atoms with van der Waals surface area (Å²) in [6.07, 6.45) is 8.56. The van der Waals surface area contributed by atoms with Gasteiger partial charge in [0.2, 0.25) is 5.91 Å². The van der Waals surface area contributed by atoms with Crippen molar-refractivity contribution in [1.29, 1.82) is 0 Å². The van der Waals surface area contributed by atoms with E-state index in [0.717, 1.165) is 25.8 Å². The van der Waals surface area contributed by atoms with Gasteiger partial charge in [-0.2, -0.15) is 0 Å². The molecule has 1 aliphatic heterocycles. The highest BCUT2D eigenvalue weighted by atomic mass is 16.2. The van der Waals surface area contributed by atoms with E-state index in [4.69, 9.17) is 0 Å². The van der Waals surface area contributed by atoms with E-state index in [9.17, 15) is 4.79 Å². The van der Waals surface area contributed by atoms with Gasteiger partial charge in [-0.15, -0.1) is 0 Å². The van der Waals surface area contributed by atoms with Gasteiger partial charge in [0.15, 0.2) is 0 Å². The molecule has 2 aliphatic rings. The topological polar surface area (TPSA) is 32.3 Å². The van der Waals surface area contributed by atoms with Crippen LogP contribution in [0.25, 0.3) is 0 Å². The summed E-state index contributed by atoms with van der Waals surface area (Å²) >= 11 is 0. The van der Waals surface area contributed by atoms with Gasteiger partial charge < -0.3 is 4.90 Å². The van der Waals surface area contributed by atoms with Gasteiger partial charge >= 0.3 is 0 Å². The average molecular weight is 280 g/mol. The number of nitrogens with one attached hydrogen (secondary N) is 1. The minimum atomic E-state index is 0.0673. The van der Waals surface area contributed by atoms with Crippen molar-refractivity contribution in [2.45, 2.75) is 84.8 Å². The molecule has 1 N–H and O–H groups in total. The van der Waals surface area contributed by atoms with E-state index in [-0.39, 0.29) is 12.2 Å². The second kappa shape index (κ2) is 6.46. The molecule has 2 atom stereocenters. The quantitative estimate of drug-likeness (QED) is 0.773. The Morgan fingerprint density at radius 2 is 2.05 bits per heavy atom. The Hall–Kier alpha value is -0.570. The van der Waals surface area contributed by atoms with Crippen LogP contribution < -0.4 is 5.32 Å². The monoisotopic (exact) mass is 280 g/mol. The first kappa shape index (κ1) is 15.8. The molecule has 3 nitrogen and oxygen atoms in total. The predicted octanol–water partition coefficient (Wildman–Crippen LogP) is 3.54. The summed E-state index contributed by atoms with van der Waals surface area (Å²) in [5.74, 6) is 0.986. The molecule has 0 bridgehead atoms. The van der Waals surface area contributed by atoms with E-state index in [2.05, 4.69) is 37.9 Å². The first-order valence-corrected chi connectivity index (χ1v) is 8.58. The molecule has 2 rings (SSSR count). The van der Waals surface area contributed by atoms with Crippen LogP contribution in [0.3, 0.4) is 0 Å². The molecule has 0 aromatic heterocycles. The summed E-state index contributed by atoms with van der Waals surface area (Å²) in [6, 6.07) is 0.0673. The maximum Gasteiger partial charge on any atom is 0.241 e. The van der Waals surface area contributed by atoms with Crippen molar-refractivity contribution < 1.29 is 4.79 Å². The van der Waals surface area contributed by atoms with Crippen LogP contribution in [0.1, 0.15) is 72.6 Å². The lowest BCUT2D eigenvalue weighted by atomic mass is 9.66. The standard InChI is InChI=1S/C17H32N2O/c1-5-8-14-16(20)19(15(18-14)11-13(3)4)12-17(6-2)9-7-10-17/h13-15,18H,5-12H2,1-4H3. The third-order valence-electron chi connectivity index (χ3n) is 5.29. The molecular weight excluding hydrogens is 248 g/mol. The number of hydrogen-bond acceptors (Lipinski definition) is 2. The van der Waals surface area contributed by atoms with Crippen molar-refractivity contribution in [3.8, 4) is 0 Å². The average Bonchev–Trinajstić information content (AvgIpc) is 2.61. The predicted molar refractivity (Wildman–Crippen MR) is 83.4 cm³/mol. The van der Waals surface area contributed by atoms with E-state index in [1.807, 2.05) is 0 Å². The van der Waals surface area contributed by atoms with Crippen LogP contribution in [0.4, 0.5) is 0 Å². The van der Waals surface area contributed by atoms with Crippen LogP contribution in [0.5, 0.6) is 0 Å². The van der Waals surface area contributed by atoms with Gasteiger partial charge in [0.05, 0.1) is 12.2 Å². The molecule has 2 unspecified atom stereocenters. The number of nitrogens with zero attached hydrogens (tertiary/aromatic N) is 1. The molecule has 3 heteroatoms. The van der Waals surface area contributed by atoms with Gasteiger partial charge in [0.1, 0.15) is 0 Å². The lowest BCUT2D eigenvalue weighted by molar-refractivity contribution is -0.133. The van der Waals surface area contributed by atoms with Crippen molar-refractivity contribution in [3.05, 3.63) is 0 Å². The van der Waals surface area contributed by atoms with Crippen molar-refractivity contribution in [2.75, 3.05) is 6.54 Å². The van der Waals surface area contributed by atoms with E-state index >= 15 is 0 Å². The number of rotatable bonds is 7. The van der Waals surface area contributed by atoms with Crippen LogP contribution in [-0.2, 0) is 4.79 Å². The molecule has 1 heterocycles. The number of hydrogen-bond donors (Lipinski definition) is 1. The lowest BCUT2D eigenvalue weighted by Gasteiger charge is -2.45. The zero-order valence-electron chi connectivity index (χ0n) is 13.7. The number of carbonyl (C=O) groups is 1. The fourth-order valence-electron chi connectivity index (χ4n) is 3.73. The van der Waals surface area contributed by atoms with Crippen molar-refractivity contribution in [2.24, 2.45) is 11.3 Å². The smallest absolute Gasteiger partial charge is 0.241 e. The second-order valence-electron chi connectivity index (χ2n) is 7.33. The van der Waals surface area contributed by atoms with Gasteiger partial charge in [-0.25, -0.2) is 0 Å². The van der Waals surface area contributed by atoms with Crippen LogP contribution >= 0.6 is 0 Å². The van der Waals surface area contributed by atoms with Crippen molar-refractivity contribution >= 4 is 5.91 Å². The minimum Gasteiger partial charge on any atom is -0.325 e. The Balaban J connectivity index is 2.06. The number of amides is 1. The number of carbonyl (C=O) groups excluding carboxylic acids is 1. The van der Waals surface area contributed by atoms with E-state index in [0.29, 0.717) is 17.2 Å². The molecule has 0 aromatic carbocycles. The largest absolute Gasteiger partial charge is 0.325 e. The molecule has 116 valence electrons. The third-order valence-corrected chi connectivity index (χ3v) is 5.29. The lowest BCUT2D eigenvalue weighted by Crippen LogP contribution is -2.47. The molecule has 1 saturated carbocycles. The normalized spacial score (nSPS) is 29.1. The van der Waals surface area contributed by atoms with Crippen molar-refractivity contribution in [1.82, 2.24) is 10.2 Å². The zero-order valence-corrected chi connectivity index (χ0v) is 13.7. The molecule has 2 fully saturated rings. The maximum atomic E-state index is 12.7. The molecule has 1 saturated heterocycles. The van der Waals surface area contributed by atoms with E-state index in [1.54, 1.807) is 0 Å². The Kier molecular flexibility index (Phi) is 5.11. The molecule has 1 amide bonds. The zero-order chi connectivity index (χ0) is 14.8. The van der Waals surface area contributed by atoms with E-state index in [1.165, 1.54) is 25.7 Å². The molecule has 0 spiro atoms. The summed E-state index contributed by atoms with van der Waals surface area (Å²) in [5, 5.41) is 3.59. The summed E-state index contributed by atoms with van der Waals surface area (Å²) in [6.45, 7) is 9.92. The highest BCUT2D eigenvalue weighted by Gasteiger charge is 2.44. The van der Waals surface area contributed by atoms with E-state index < -0.39 is 0 Å². The fourth-order valence-corrected chi connectivity index (χ4v) is 3.73. The van der Waals surface area contributed by atoms with Crippen LogP contribution in [0.2, 0.25) is 0 Å². The van der Waals surface area contributed by atoms with Crippen molar-refractivity contribution in [3.63, 3.8) is 0 Å². The Morgan fingerprint density at radius 3 is 2.50 bits per heavy atom. The van der Waals surface area contributed by atoms with Crippen LogP contribution in [0.15, 0.2) is 0 Å². The van der Waals surface area contributed by atoms with Crippen LogP contribution in [0, 0.1) is 11.3 Å². The highest BCUT2D eigenvalue weighted by molar-refractivity contribution is 5.84. The summed E-state index contributed by atoms with van der Waals surface area (Å²) < 4.78 is 0. The van der Waals surface area contributed by atoms with Gasteiger partial charge in [0, 0.05) is 6.54 Å². The summed E-state index contributed by atoms with van der Waals surface area (Å²) in [4.78, 5) is 14.9. The van der Waals surface area contributed by atoms with Gasteiger partial charge in [-0.1, -0.05) is 40.5 Å². The van der Waals surface area contributed by atoms with Gasteiger partial charge in [-0.3, -0.25) is 10.1 Å². The molecule has 0 aromatic rings. The second-order valence-corrected chi connectivity index (χ2v) is 7.33. The summed E-state index contributed by atoms with van der Waals surface area (Å²) in [7, 11) is 0. The summed E-state index contributed by atoms with van der Waals surface area (Å²) in [5.41, 5.74) is 0.424. The minimum absolute atomic E-state index is 0.0673. The maximum absolute atomic E-state index is 12.7. The molecular formula is C17H32N2O. The Labute approximate surface area is 124 Å². The molecule has 20 heavy (non-hydrogen) atoms. The van der Waals surface area contributed by atoms with Crippen LogP contribution in [-0.4, -0.2) is 29.6 Å². The first-order valence-electron chi connectivity index (χ1n) is 8.58. The SMILES string of the molecule is CCCC1NC(CC(C)C)N(CC2(CC)CCC2)C1=O. The highest BCUT2D eigenvalue weighted by Crippen LogP contribution is 2.45. The first-order chi connectivity index (χ1) is 9.51. The third kappa shape index (κ3) is 3.19. The molecule has 0 radical (unpaired) electrons. The van der Waals surface area contributed by atoms with Gasteiger partial charge in [-0.05, 0) is 43.4 Å². The Morgan fingerprint density at radius 1 is 1.35 bits per heavy atom. The molecule has 1 aliphatic carbocycles. The van der Waals surface area contributed by atoms with Gasteiger partial charge in [0.25, 0.3) is 0 Å². The fraction of sp³-hybridized carbons (Fsp3) is 0.941. The Bertz CT molecular complexity index is 330.